The molecule has 1 saturated heterocycles. The summed E-state index contributed by atoms with van der Waals surface area (Å²) in [5.74, 6) is 0. The van der Waals surface area contributed by atoms with Gasteiger partial charge in [-0.2, -0.15) is 4.31 Å². The number of benzene rings is 1. The molecule has 4 nitrogen and oxygen atoms in total. The highest BCUT2D eigenvalue weighted by Gasteiger charge is 2.33. The van der Waals surface area contributed by atoms with Crippen LogP contribution in [0.15, 0.2) is 32.0 Å². The van der Waals surface area contributed by atoms with E-state index in [0.29, 0.717) is 15.9 Å². The zero-order valence-electron chi connectivity index (χ0n) is 10.8. The van der Waals surface area contributed by atoms with Crippen molar-refractivity contribution in [2.24, 2.45) is 0 Å². The number of nitrogens with zero attached hydrogens (tertiary/aromatic N) is 2. The van der Waals surface area contributed by atoms with E-state index in [9.17, 15) is 8.42 Å². The summed E-state index contributed by atoms with van der Waals surface area (Å²) >= 11 is 6.65. The van der Waals surface area contributed by atoms with Crippen molar-refractivity contribution in [3.63, 3.8) is 0 Å². The topological polar surface area (TPSA) is 40.6 Å². The maximum atomic E-state index is 12.7. The monoisotopic (exact) mass is 410 g/mol. The molecule has 1 aliphatic rings. The quantitative estimate of drug-likeness (QED) is 0.750. The maximum Gasteiger partial charge on any atom is 0.244 e. The molecule has 106 valence electrons. The van der Waals surface area contributed by atoms with Gasteiger partial charge in [-0.25, -0.2) is 8.42 Å². The highest BCUT2D eigenvalue weighted by atomic mass is 79.9. The van der Waals surface area contributed by atoms with Gasteiger partial charge in [0.05, 0.1) is 4.90 Å². The minimum atomic E-state index is -3.46. The van der Waals surface area contributed by atoms with E-state index >= 15 is 0 Å². The lowest BCUT2D eigenvalue weighted by Gasteiger charge is -2.37. The Morgan fingerprint density at radius 3 is 2.58 bits per heavy atom. The van der Waals surface area contributed by atoms with Crippen LogP contribution >= 0.6 is 31.9 Å². The van der Waals surface area contributed by atoms with Crippen molar-refractivity contribution in [2.75, 3.05) is 26.7 Å². The first kappa shape index (κ1) is 15.4. The number of piperazine rings is 1. The third-order valence-electron chi connectivity index (χ3n) is 3.25. The first-order valence-electron chi connectivity index (χ1n) is 5.98. The first-order chi connectivity index (χ1) is 8.82. The molecular weight excluding hydrogens is 396 g/mol. The zero-order chi connectivity index (χ0) is 14.2. The third-order valence-corrected chi connectivity index (χ3v) is 6.75. The minimum absolute atomic E-state index is 0.0189. The molecule has 19 heavy (non-hydrogen) atoms. The number of hydrogen-bond acceptors (Lipinski definition) is 3. The summed E-state index contributed by atoms with van der Waals surface area (Å²) in [6.07, 6.45) is 0. The van der Waals surface area contributed by atoms with Gasteiger partial charge in [0.2, 0.25) is 10.0 Å². The van der Waals surface area contributed by atoms with Crippen molar-refractivity contribution < 1.29 is 8.42 Å². The minimum Gasteiger partial charge on any atom is -0.303 e. The molecular formula is C12H16Br2N2O2S. The van der Waals surface area contributed by atoms with Crippen LogP contribution in [0.3, 0.4) is 0 Å². The van der Waals surface area contributed by atoms with Gasteiger partial charge in [0.25, 0.3) is 0 Å². The highest BCUT2D eigenvalue weighted by molar-refractivity contribution is 9.11. The molecule has 0 aliphatic carbocycles. The van der Waals surface area contributed by atoms with Crippen LogP contribution < -0.4 is 0 Å². The second-order valence-electron chi connectivity index (χ2n) is 4.80. The molecule has 1 aliphatic heterocycles. The predicted molar refractivity (Wildman–Crippen MR) is 82.7 cm³/mol. The van der Waals surface area contributed by atoms with E-state index < -0.39 is 10.0 Å². The summed E-state index contributed by atoms with van der Waals surface area (Å²) in [6.45, 7) is 3.98. The normalized spacial score (nSPS) is 22.6. The molecule has 1 unspecified atom stereocenters. The molecule has 0 amide bonds. The fourth-order valence-electron chi connectivity index (χ4n) is 2.28. The van der Waals surface area contributed by atoms with E-state index in [1.54, 1.807) is 16.4 Å². The molecule has 0 saturated carbocycles. The fourth-order valence-corrected chi connectivity index (χ4v) is 5.36. The molecule has 0 aromatic heterocycles. The average Bonchev–Trinajstić information content (AvgIpc) is 2.31. The lowest BCUT2D eigenvalue weighted by Crippen LogP contribution is -2.52. The Morgan fingerprint density at radius 2 is 1.95 bits per heavy atom. The first-order valence-corrected chi connectivity index (χ1v) is 9.00. The SMILES string of the molecule is CC1CN(C)CCN1S(=O)(=O)c1cc(Br)ccc1Br. The molecule has 7 heteroatoms. The van der Waals surface area contributed by atoms with Crippen LogP contribution in [0, 0.1) is 0 Å². The van der Waals surface area contributed by atoms with Gasteiger partial charge in [-0.05, 0) is 48.1 Å². The van der Waals surface area contributed by atoms with Gasteiger partial charge in [-0.15, -0.1) is 0 Å². The van der Waals surface area contributed by atoms with Crippen molar-refractivity contribution in [1.29, 1.82) is 0 Å². The maximum absolute atomic E-state index is 12.7. The molecule has 1 aromatic rings. The van der Waals surface area contributed by atoms with Gasteiger partial charge in [-0.3, -0.25) is 0 Å². The van der Waals surface area contributed by atoms with Crippen molar-refractivity contribution in [3.8, 4) is 0 Å². The molecule has 0 radical (unpaired) electrons. The van der Waals surface area contributed by atoms with E-state index in [0.717, 1.165) is 17.6 Å². The Morgan fingerprint density at radius 1 is 1.26 bits per heavy atom. The van der Waals surface area contributed by atoms with E-state index in [2.05, 4.69) is 36.8 Å². The van der Waals surface area contributed by atoms with E-state index in [-0.39, 0.29) is 6.04 Å². The number of halogens is 2. The smallest absolute Gasteiger partial charge is 0.244 e. The highest BCUT2D eigenvalue weighted by Crippen LogP contribution is 2.29. The summed E-state index contributed by atoms with van der Waals surface area (Å²) in [7, 11) is -1.45. The van der Waals surface area contributed by atoms with Crippen LogP contribution in [0.1, 0.15) is 6.92 Å². The van der Waals surface area contributed by atoms with Crippen molar-refractivity contribution in [2.45, 2.75) is 17.9 Å². The Balaban J connectivity index is 2.39. The summed E-state index contributed by atoms with van der Waals surface area (Å²) in [4.78, 5) is 2.46. The summed E-state index contributed by atoms with van der Waals surface area (Å²) in [5, 5.41) is 0. The molecule has 0 bridgehead atoms. The molecule has 1 aromatic carbocycles. The molecule has 1 heterocycles. The Hall–Kier alpha value is 0.0500. The van der Waals surface area contributed by atoms with Crippen molar-refractivity contribution in [3.05, 3.63) is 27.1 Å². The fraction of sp³-hybridized carbons (Fsp3) is 0.500. The second-order valence-corrected chi connectivity index (χ2v) is 8.43. The second kappa shape index (κ2) is 5.81. The van der Waals surface area contributed by atoms with Crippen LogP contribution in [0.2, 0.25) is 0 Å². The average molecular weight is 412 g/mol. The zero-order valence-corrected chi connectivity index (χ0v) is 14.8. The number of rotatable bonds is 2. The van der Waals surface area contributed by atoms with Crippen LogP contribution in [0.25, 0.3) is 0 Å². The Bertz CT molecular complexity index is 577. The number of likely N-dealkylation sites (N-methyl/N-ethyl adjacent to an activating group) is 1. The molecule has 0 spiro atoms. The third kappa shape index (κ3) is 3.21. The van der Waals surface area contributed by atoms with Gasteiger partial charge in [0, 0.05) is 34.6 Å². The van der Waals surface area contributed by atoms with Crippen molar-refractivity contribution in [1.82, 2.24) is 9.21 Å². The molecule has 1 fully saturated rings. The number of hydrogen-bond donors (Lipinski definition) is 0. The van der Waals surface area contributed by atoms with Crippen LogP contribution in [-0.4, -0.2) is 50.3 Å². The van der Waals surface area contributed by atoms with Gasteiger partial charge >= 0.3 is 0 Å². The molecule has 2 rings (SSSR count). The largest absolute Gasteiger partial charge is 0.303 e. The Labute approximate surface area is 131 Å². The summed E-state index contributed by atoms with van der Waals surface area (Å²) < 4.78 is 28.4. The standard InChI is InChI=1S/C12H16Br2N2O2S/c1-9-8-15(2)5-6-16(9)19(17,18)12-7-10(13)3-4-11(12)14/h3-4,7,9H,5-6,8H2,1-2H3. The van der Waals surface area contributed by atoms with Gasteiger partial charge in [0.1, 0.15) is 0 Å². The lowest BCUT2D eigenvalue weighted by molar-refractivity contribution is 0.170. The van der Waals surface area contributed by atoms with E-state index in [1.165, 1.54) is 0 Å². The Kier molecular flexibility index (Phi) is 4.72. The van der Waals surface area contributed by atoms with E-state index in [4.69, 9.17) is 0 Å². The van der Waals surface area contributed by atoms with Gasteiger partial charge in [-0.1, -0.05) is 15.9 Å². The predicted octanol–water partition coefficient (Wildman–Crippen LogP) is 2.54. The number of sulfonamides is 1. The van der Waals surface area contributed by atoms with Crippen LogP contribution in [0.5, 0.6) is 0 Å². The van der Waals surface area contributed by atoms with Crippen molar-refractivity contribution >= 4 is 41.9 Å². The summed E-state index contributed by atoms with van der Waals surface area (Å²) in [6, 6.07) is 5.19. The van der Waals surface area contributed by atoms with Crippen LogP contribution in [0.4, 0.5) is 0 Å². The molecule has 0 N–H and O–H groups in total. The summed E-state index contributed by atoms with van der Waals surface area (Å²) in [5.41, 5.74) is 0. The molecule has 1 atom stereocenters. The van der Waals surface area contributed by atoms with Crippen LogP contribution in [-0.2, 0) is 10.0 Å². The van der Waals surface area contributed by atoms with E-state index in [1.807, 2.05) is 20.0 Å². The lowest BCUT2D eigenvalue weighted by atomic mass is 10.2. The van der Waals surface area contributed by atoms with Gasteiger partial charge < -0.3 is 4.90 Å². The van der Waals surface area contributed by atoms with Gasteiger partial charge in [0.15, 0.2) is 0 Å².